The summed E-state index contributed by atoms with van der Waals surface area (Å²) in [7, 11) is 1.88. The van der Waals surface area contributed by atoms with Gasteiger partial charge in [-0.05, 0) is 26.1 Å². The van der Waals surface area contributed by atoms with Gasteiger partial charge in [-0.25, -0.2) is 0 Å². The van der Waals surface area contributed by atoms with Gasteiger partial charge in [0.2, 0.25) is 0 Å². The third-order valence-corrected chi connectivity index (χ3v) is 1.61. The smallest absolute Gasteiger partial charge is 0.133 e. The van der Waals surface area contributed by atoms with E-state index in [4.69, 9.17) is 4.42 Å². The summed E-state index contributed by atoms with van der Waals surface area (Å²) >= 11 is 0. The lowest BCUT2D eigenvalue weighted by molar-refractivity contribution is -0.108. The Morgan fingerprint density at radius 3 is 2.83 bits per heavy atom. The molecule has 0 saturated heterocycles. The number of hydrogen-bond donors (Lipinski definition) is 0. The minimum atomic E-state index is 0.444. The van der Waals surface area contributed by atoms with Crippen molar-refractivity contribution in [3.05, 3.63) is 23.7 Å². The van der Waals surface area contributed by atoms with Crippen molar-refractivity contribution in [3.63, 3.8) is 0 Å². The molecule has 0 bridgehead atoms. The Morgan fingerprint density at radius 1 is 1.58 bits per heavy atom. The van der Waals surface area contributed by atoms with E-state index < -0.39 is 0 Å². The van der Waals surface area contributed by atoms with Crippen molar-refractivity contribution < 1.29 is 9.21 Å². The molecule has 1 heterocycles. The fourth-order valence-corrected chi connectivity index (χ4v) is 1.03. The lowest BCUT2D eigenvalue weighted by Gasteiger charge is -2.09. The maximum atomic E-state index is 10.1. The van der Waals surface area contributed by atoms with Crippen LogP contribution in [0.15, 0.2) is 16.5 Å². The molecule has 1 rings (SSSR count). The number of rotatable bonds is 4. The summed E-state index contributed by atoms with van der Waals surface area (Å²) in [5, 5.41) is 0. The van der Waals surface area contributed by atoms with Crippen LogP contribution in [0.4, 0.5) is 0 Å². The van der Waals surface area contributed by atoms with Gasteiger partial charge in [-0.1, -0.05) is 0 Å². The van der Waals surface area contributed by atoms with Crippen LogP contribution in [-0.2, 0) is 11.3 Å². The summed E-state index contributed by atoms with van der Waals surface area (Å²) in [6, 6.07) is 3.85. The third-order valence-electron chi connectivity index (χ3n) is 1.61. The number of furan rings is 1. The number of carbonyl (C=O) groups is 1. The number of aldehydes is 1. The predicted octanol–water partition coefficient (Wildman–Crippen LogP) is 1.22. The number of aryl methyl sites for hydroxylation is 1. The molecule has 0 spiro atoms. The molecule has 0 aliphatic rings. The van der Waals surface area contributed by atoms with Crippen molar-refractivity contribution in [2.75, 3.05) is 13.6 Å². The van der Waals surface area contributed by atoms with Crippen LogP contribution in [-0.4, -0.2) is 24.8 Å². The Morgan fingerprint density at radius 2 is 2.33 bits per heavy atom. The molecule has 0 atom stereocenters. The fourth-order valence-electron chi connectivity index (χ4n) is 1.03. The SMILES string of the molecule is Cc1ccc(CN(C)CC=O)o1. The first-order valence-electron chi connectivity index (χ1n) is 3.90. The van der Waals surface area contributed by atoms with Crippen molar-refractivity contribution >= 4 is 6.29 Å². The Labute approximate surface area is 72.0 Å². The monoisotopic (exact) mass is 167 g/mol. The summed E-state index contributed by atoms with van der Waals surface area (Å²) in [6.07, 6.45) is 0.885. The highest BCUT2D eigenvalue weighted by molar-refractivity contribution is 5.51. The van der Waals surface area contributed by atoms with Gasteiger partial charge in [0.25, 0.3) is 0 Å². The maximum Gasteiger partial charge on any atom is 0.133 e. The first kappa shape index (κ1) is 9.00. The minimum Gasteiger partial charge on any atom is -0.465 e. The van der Waals surface area contributed by atoms with Gasteiger partial charge < -0.3 is 9.21 Å². The second-order valence-corrected chi connectivity index (χ2v) is 2.88. The second-order valence-electron chi connectivity index (χ2n) is 2.88. The molecular formula is C9H13NO2. The summed E-state index contributed by atoms with van der Waals surface area (Å²) in [5.41, 5.74) is 0. The Hall–Kier alpha value is -1.09. The van der Waals surface area contributed by atoms with Gasteiger partial charge in [-0.2, -0.15) is 0 Å². The fraction of sp³-hybridized carbons (Fsp3) is 0.444. The van der Waals surface area contributed by atoms with Gasteiger partial charge in [0.1, 0.15) is 17.8 Å². The Balaban J connectivity index is 2.46. The second kappa shape index (κ2) is 4.07. The van der Waals surface area contributed by atoms with Crippen molar-refractivity contribution in [3.8, 4) is 0 Å². The van der Waals surface area contributed by atoms with Gasteiger partial charge in [0.15, 0.2) is 0 Å². The molecule has 0 aliphatic heterocycles. The molecule has 0 aliphatic carbocycles. The summed E-state index contributed by atoms with van der Waals surface area (Å²) in [4.78, 5) is 12.0. The van der Waals surface area contributed by atoms with Crippen molar-refractivity contribution in [2.24, 2.45) is 0 Å². The van der Waals surface area contributed by atoms with Crippen LogP contribution in [0.2, 0.25) is 0 Å². The number of nitrogens with zero attached hydrogens (tertiary/aromatic N) is 1. The van der Waals surface area contributed by atoms with E-state index in [9.17, 15) is 4.79 Å². The van der Waals surface area contributed by atoms with Gasteiger partial charge in [-0.15, -0.1) is 0 Å². The first-order chi connectivity index (χ1) is 5.72. The van der Waals surface area contributed by atoms with Crippen LogP contribution in [0.3, 0.4) is 0 Å². The summed E-state index contributed by atoms with van der Waals surface area (Å²) in [5.74, 6) is 1.81. The number of carbonyl (C=O) groups excluding carboxylic acids is 1. The Bertz CT molecular complexity index is 255. The molecule has 0 radical (unpaired) electrons. The molecule has 3 nitrogen and oxygen atoms in total. The minimum absolute atomic E-state index is 0.444. The highest BCUT2D eigenvalue weighted by atomic mass is 16.3. The standard InChI is InChI=1S/C9H13NO2/c1-8-3-4-9(12-8)7-10(2)5-6-11/h3-4,6H,5,7H2,1-2H3. The zero-order valence-electron chi connectivity index (χ0n) is 7.41. The Kier molecular flexibility index (Phi) is 3.05. The van der Waals surface area contributed by atoms with Crippen LogP contribution < -0.4 is 0 Å². The maximum absolute atomic E-state index is 10.1. The van der Waals surface area contributed by atoms with Crippen LogP contribution in [0.5, 0.6) is 0 Å². The number of likely N-dealkylation sites (N-methyl/N-ethyl adjacent to an activating group) is 1. The lowest BCUT2D eigenvalue weighted by atomic mass is 10.4. The van der Waals surface area contributed by atoms with Crippen molar-refractivity contribution in [1.82, 2.24) is 4.90 Å². The average Bonchev–Trinajstić information content (AvgIpc) is 2.36. The third kappa shape index (κ3) is 2.51. The van der Waals surface area contributed by atoms with E-state index >= 15 is 0 Å². The highest BCUT2D eigenvalue weighted by Crippen LogP contribution is 2.07. The molecule has 1 aromatic rings. The highest BCUT2D eigenvalue weighted by Gasteiger charge is 2.02. The largest absolute Gasteiger partial charge is 0.465 e. The van der Waals surface area contributed by atoms with Gasteiger partial charge in [0.05, 0.1) is 13.1 Å². The van der Waals surface area contributed by atoms with Crippen LogP contribution >= 0.6 is 0 Å². The molecule has 0 fully saturated rings. The van der Waals surface area contributed by atoms with E-state index in [1.165, 1.54) is 0 Å². The lowest BCUT2D eigenvalue weighted by Crippen LogP contribution is -2.19. The zero-order chi connectivity index (χ0) is 8.97. The average molecular weight is 167 g/mol. The van der Waals surface area contributed by atoms with E-state index in [0.29, 0.717) is 13.1 Å². The molecule has 66 valence electrons. The molecule has 0 amide bonds. The summed E-state index contributed by atoms with van der Waals surface area (Å²) < 4.78 is 5.34. The van der Waals surface area contributed by atoms with E-state index in [0.717, 1.165) is 17.8 Å². The van der Waals surface area contributed by atoms with Crippen LogP contribution in [0.1, 0.15) is 11.5 Å². The van der Waals surface area contributed by atoms with Gasteiger partial charge in [0, 0.05) is 0 Å². The van der Waals surface area contributed by atoms with Crippen molar-refractivity contribution in [2.45, 2.75) is 13.5 Å². The quantitative estimate of drug-likeness (QED) is 0.632. The molecule has 0 saturated carbocycles. The molecule has 0 unspecified atom stereocenters. The summed E-state index contributed by atoms with van der Waals surface area (Å²) in [6.45, 7) is 3.04. The topological polar surface area (TPSA) is 33.5 Å². The molecule has 12 heavy (non-hydrogen) atoms. The predicted molar refractivity (Wildman–Crippen MR) is 45.8 cm³/mol. The van der Waals surface area contributed by atoms with Gasteiger partial charge >= 0.3 is 0 Å². The molecule has 1 aromatic heterocycles. The van der Waals surface area contributed by atoms with E-state index in [2.05, 4.69) is 0 Å². The normalized spacial score (nSPS) is 10.6. The zero-order valence-corrected chi connectivity index (χ0v) is 7.41. The molecule has 0 aromatic carbocycles. The van der Waals surface area contributed by atoms with Crippen LogP contribution in [0, 0.1) is 6.92 Å². The number of hydrogen-bond acceptors (Lipinski definition) is 3. The van der Waals surface area contributed by atoms with Crippen molar-refractivity contribution in [1.29, 1.82) is 0 Å². The first-order valence-corrected chi connectivity index (χ1v) is 3.90. The van der Waals surface area contributed by atoms with Crippen LogP contribution in [0.25, 0.3) is 0 Å². The van der Waals surface area contributed by atoms with Gasteiger partial charge in [-0.3, -0.25) is 4.90 Å². The van der Waals surface area contributed by atoms with E-state index in [1.54, 1.807) is 0 Å². The molecular weight excluding hydrogens is 154 g/mol. The molecule has 0 N–H and O–H groups in total. The van der Waals surface area contributed by atoms with E-state index in [1.807, 2.05) is 31.0 Å². The molecule has 3 heteroatoms. The van der Waals surface area contributed by atoms with E-state index in [-0.39, 0.29) is 0 Å².